The van der Waals surface area contributed by atoms with Gasteiger partial charge in [-0.15, -0.1) is 0 Å². The van der Waals surface area contributed by atoms with E-state index in [1.54, 1.807) is 13.0 Å². The molecule has 2 unspecified atom stereocenters. The maximum Gasteiger partial charge on any atom is 0.126 e. The van der Waals surface area contributed by atoms with Gasteiger partial charge in [0.2, 0.25) is 0 Å². The van der Waals surface area contributed by atoms with Crippen LogP contribution in [0.25, 0.3) is 0 Å². The molecule has 2 aliphatic rings. The largest absolute Gasteiger partial charge is 0.329 e. The maximum atomic E-state index is 13.9. The van der Waals surface area contributed by atoms with Gasteiger partial charge in [0.1, 0.15) is 5.82 Å². The van der Waals surface area contributed by atoms with E-state index in [-0.39, 0.29) is 11.9 Å². The van der Waals surface area contributed by atoms with Crippen LogP contribution in [0.15, 0.2) is 18.2 Å². The minimum Gasteiger partial charge on any atom is -0.329 e. The van der Waals surface area contributed by atoms with Crippen LogP contribution in [-0.4, -0.2) is 48.6 Å². The van der Waals surface area contributed by atoms with Crippen molar-refractivity contribution >= 4 is 0 Å². The Morgan fingerprint density at radius 1 is 1.29 bits per heavy atom. The molecule has 0 radical (unpaired) electrons. The number of benzene rings is 1. The van der Waals surface area contributed by atoms with E-state index in [1.165, 1.54) is 32.4 Å². The van der Waals surface area contributed by atoms with E-state index in [9.17, 15) is 4.39 Å². The fourth-order valence-electron chi connectivity index (χ4n) is 3.83. The molecule has 1 aromatic rings. The highest BCUT2D eigenvalue weighted by Crippen LogP contribution is 2.28. The van der Waals surface area contributed by atoms with Crippen molar-refractivity contribution in [1.29, 1.82) is 0 Å². The summed E-state index contributed by atoms with van der Waals surface area (Å²) in [6.45, 7) is 6.92. The first-order chi connectivity index (χ1) is 10.2. The lowest BCUT2D eigenvalue weighted by atomic mass is 10.0. The molecular formula is C17H26FN3. The Hall–Kier alpha value is -0.970. The molecule has 2 N–H and O–H groups in total. The van der Waals surface area contributed by atoms with Gasteiger partial charge < -0.3 is 5.73 Å². The van der Waals surface area contributed by atoms with E-state index >= 15 is 0 Å². The van der Waals surface area contributed by atoms with Crippen LogP contribution in [0, 0.1) is 12.7 Å². The molecule has 0 spiro atoms. The third kappa shape index (κ3) is 3.12. The molecule has 2 atom stereocenters. The second-order valence-electron chi connectivity index (χ2n) is 6.44. The van der Waals surface area contributed by atoms with Gasteiger partial charge in [-0.3, -0.25) is 9.80 Å². The fourth-order valence-corrected chi connectivity index (χ4v) is 3.83. The minimum atomic E-state index is -0.122. The van der Waals surface area contributed by atoms with Crippen LogP contribution in [0.1, 0.15) is 36.4 Å². The highest BCUT2D eigenvalue weighted by molar-refractivity contribution is 5.26. The van der Waals surface area contributed by atoms with E-state index < -0.39 is 0 Å². The summed E-state index contributed by atoms with van der Waals surface area (Å²) in [6, 6.07) is 6.38. The van der Waals surface area contributed by atoms with E-state index in [2.05, 4.69) is 9.80 Å². The molecule has 2 aliphatic heterocycles. The number of nitrogens with two attached hydrogens (primary N) is 1. The van der Waals surface area contributed by atoms with Gasteiger partial charge in [0.05, 0.1) is 0 Å². The molecule has 0 bridgehead atoms. The Morgan fingerprint density at radius 2 is 2.10 bits per heavy atom. The fraction of sp³-hybridized carbons (Fsp3) is 0.647. The lowest BCUT2D eigenvalue weighted by Crippen LogP contribution is -2.40. The Kier molecular flexibility index (Phi) is 4.57. The van der Waals surface area contributed by atoms with Crippen molar-refractivity contribution in [1.82, 2.24) is 9.80 Å². The molecule has 0 aromatic heterocycles. The average molecular weight is 291 g/mol. The SMILES string of the molecule is Cc1ccc(C(CN)N2CCCN3CCCC3C2)cc1F. The van der Waals surface area contributed by atoms with Crippen LogP contribution in [0.2, 0.25) is 0 Å². The summed E-state index contributed by atoms with van der Waals surface area (Å²) in [6.07, 6.45) is 3.78. The van der Waals surface area contributed by atoms with Crippen LogP contribution in [0.4, 0.5) is 4.39 Å². The summed E-state index contributed by atoms with van der Waals surface area (Å²) >= 11 is 0. The number of hydrogen-bond donors (Lipinski definition) is 1. The van der Waals surface area contributed by atoms with Crippen molar-refractivity contribution in [2.45, 2.75) is 38.3 Å². The molecule has 2 fully saturated rings. The van der Waals surface area contributed by atoms with Gasteiger partial charge in [0.15, 0.2) is 0 Å². The topological polar surface area (TPSA) is 32.5 Å². The first kappa shape index (κ1) is 14.9. The second kappa shape index (κ2) is 6.42. The van der Waals surface area contributed by atoms with Crippen molar-refractivity contribution in [3.63, 3.8) is 0 Å². The van der Waals surface area contributed by atoms with Crippen LogP contribution >= 0.6 is 0 Å². The van der Waals surface area contributed by atoms with Gasteiger partial charge in [-0.2, -0.15) is 0 Å². The van der Waals surface area contributed by atoms with E-state index in [0.717, 1.165) is 18.7 Å². The van der Waals surface area contributed by atoms with Crippen LogP contribution in [0.3, 0.4) is 0 Å². The molecule has 2 saturated heterocycles. The highest BCUT2D eigenvalue weighted by atomic mass is 19.1. The third-order valence-electron chi connectivity index (χ3n) is 5.08. The number of nitrogens with zero attached hydrogens (tertiary/aromatic N) is 2. The van der Waals surface area contributed by atoms with Crippen molar-refractivity contribution in [2.24, 2.45) is 5.73 Å². The molecule has 2 heterocycles. The number of rotatable bonds is 3. The van der Waals surface area contributed by atoms with E-state index in [1.807, 2.05) is 12.1 Å². The Labute approximate surface area is 126 Å². The molecule has 21 heavy (non-hydrogen) atoms. The smallest absolute Gasteiger partial charge is 0.126 e. The normalized spacial score (nSPS) is 25.6. The summed E-state index contributed by atoms with van der Waals surface area (Å²) in [7, 11) is 0. The summed E-state index contributed by atoms with van der Waals surface area (Å²) in [5.74, 6) is -0.122. The Bertz CT molecular complexity index is 491. The van der Waals surface area contributed by atoms with Gasteiger partial charge in [0.25, 0.3) is 0 Å². The monoisotopic (exact) mass is 291 g/mol. The zero-order valence-corrected chi connectivity index (χ0v) is 12.9. The van der Waals surface area contributed by atoms with Crippen molar-refractivity contribution in [2.75, 3.05) is 32.7 Å². The first-order valence-electron chi connectivity index (χ1n) is 8.13. The van der Waals surface area contributed by atoms with Crippen LogP contribution < -0.4 is 5.73 Å². The number of hydrogen-bond acceptors (Lipinski definition) is 3. The van der Waals surface area contributed by atoms with Crippen molar-refractivity contribution in [3.8, 4) is 0 Å². The molecule has 0 aliphatic carbocycles. The Morgan fingerprint density at radius 3 is 2.86 bits per heavy atom. The first-order valence-corrected chi connectivity index (χ1v) is 8.13. The van der Waals surface area contributed by atoms with Crippen LogP contribution in [0.5, 0.6) is 0 Å². The van der Waals surface area contributed by atoms with Crippen LogP contribution in [-0.2, 0) is 0 Å². The summed E-state index contributed by atoms with van der Waals surface area (Å²) in [5, 5.41) is 0. The van der Waals surface area contributed by atoms with Crippen molar-refractivity contribution in [3.05, 3.63) is 35.1 Å². The lowest BCUT2D eigenvalue weighted by Gasteiger charge is -2.32. The van der Waals surface area contributed by atoms with Gasteiger partial charge >= 0.3 is 0 Å². The van der Waals surface area contributed by atoms with Gasteiger partial charge in [0, 0.05) is 31.7 Å². The maximum absolute atomic E-state index is 13.9. The van der Waals surface area contributed by atoms with E-state index in [0.29, 0.717) is 18.2 Å². The minimum absolute atomic E-state index is 0.122. The Balaban J connectivity index is 1.79. The van der Waals surface area contributed by atoms with Gasteiger partial charge in [-0.05, 0) is 56.5 Å². The van der Waals surface area contributed by atoms with E-state index in [4.69, 9.17) is 5.73 Å². The summed E-state index contributed by atoms with van der Waals surface area (Å²) in [4.78, 5) is 5.09. The standard InChI is InChI=1S/C17H26FN3/c1-13-5-6-14(10-16(13)18)17(11-19)21-9-3-8-20-7-2-4-15(20)12-21/h5-6,10,15,17H,2-4,7-9,11-12,19H2,1H3. The number of halogens is 1. The predicted octanol–water partition coefficient (Wildman–Crippen LogP) is 2.30. The lowest BCUT2D eigenvalue weighted by molar-refractivity contribution is 0.176. The predicted molar refractivity (Wildman–Crippen MR) is 83.7 cm³/mol. The molecule has 3 rings (SSSR count). The zero-order valence-electron chi connectivity index (χ0n) is 12.9. The van der Waals surface area contributed by atoms with Gasteiger partial charge in [-0.25, -0.2) is 4.39 Å². The molecular weight excluding hydrogens is 265 g/mol. The summed E-state index contributed by atoms with van der Waals surface area (Å²) in [5.41, 5.74) is 7.76. The quantitative estimate of drug-likeness (QED) is 0.927. The molecule has 0 amide bonds. The summed E-state index contributed by atoms with van der Waals surface area (Å²) < 4.78 is 13.9. The zero-order chi connectivity index (χ0) is 14.8. The molecule has 0 saturated carbocycles. The second-order valence-corrected chi connectivity index (χ2v) is 6.44. The highest BCUT2D eigenvalue weighted by Gasteiger charge is 2.31. The number of aryl methyl sites for hydroxylation is 1. The molecule has 1 aromatic carbocycles. The van der Waals surface area contributed by atoms with Crippen molar-refractivity contribution < 1.29 is 4.39 Å². The number of fused-ring (bicyclic) bond motifs is 1. The molecule has 4 heteroatoms. The third-order valence-corrected chi connectivity index (χ3v) is 5.08. The van der Waals surface area contributed by atoms with Gasteiger partial charge in [-0.1, -0.05) is 12.1 Å². The molecule has 3 nitrogen and oxygen atoms in total. The molecule has 116 valence electrons. The average Bonchev–Trinajstić information content (AvgIpc) is 2.82.